The molecule has 1 aromatic heterocycles. The van der Waals surface area contributed by atoms with Crippen molar-refractivity contribution in [2.75, 3.05) is 5.73 Å². The molecule has 0 amide bonds. The molecule has 0 radical (unpaired) electrons. The van der Waals surface area contributed by atoms with E-state index in [1.54, 1.807) is 23.8 Å². The van der Waals surface area contributed by atoms with Crippen LogP contribution >= 0.6 is 0 Å². The molecule has 0 aromatic carbocycles. The summed E-state index contributed by atoms with van der Waals surface area (Å²) in [6.07, 6.45) is 3.97. The van der Waals surface area contributed by atoms with Crippen molar-refractivity contribution in [3.63, 3.8) is 0 Å². The zero-order valence-corrected chi connectivity index (χ0v) is 7.08. The highest BCUT2D eigenvalue weighted by Crippen LogP contribution is 2.33. The zero-order chi connectivity index (χ0) is 8.72. The second kappa shape index (κ2) is 2.37. The van der Waals surface area contributed by atoms with E-state index < -0.39 is 0 Å². The van der Waals surface area contributed by atoms with Gasteiger partial charge in [-0.3, -0.25) is 4.79 Å². The molecule has 1 aliphatic carbocycles. The van der Waals surface area contributed by atoms with E-state index in [2.05, 4.69) is 0 Å². The molecule has 1 heterocycles. The van der Waals surface area contributed by atoms with Gasteiger partial charge in [0.25, 0.3) is 5.56 Å². The molecule has 0 bridgehead atoms. The summed E-state index contributed by atoms with van der Waals surface area (Å²) in [5.41, 5.74) is 7.16. The van der Waals surface area contributed by atoms with Crippen LogP contribution in [0.5, 0.6) is 0 Å². The predicted octanol–water partition coefficient (Wildman–Crippen LogP) is 1.07. The van der Waals surface area contributed by atoms with Gasteiger partial charge in [0.05, 0.1) is 0 Å². The molecule has 0 spiro atoms. The summed E-state index contributed by atoms with van der Waals surface area (Å²) in [7, 11) is 0. The maximum absolute atomic E-state index is 11.5. The molecular weight excluding hydrogens is 152 g/mol. The van der Waals surface area contributed by atoms with E-state index in [-0.39, 0.29) is 5.56 Å². The molecule has 64 valence electrons. The largest absolute Gasteiger partial charge is 0.398 e. The molecule has 1 saturated carbocycles. The average Bonchev–Trinajstić information content (AvgIpc) is 2.79. The average molecular weight is 164 g/mol. The summed E-state index contributed by atoms with van der Waals surface area (Å²) >= 11 is 0. The smallest absolute Gasteiger partial charge is 0.253 e. The first-order chi connectivity index (χ1) is 5.68. The number of hydrogen-bond donors (Lipinski definition) is 1. The van der Waals surface area contributed by atoms with Crippen LogP contribution in [0.25, 0.3) is 0 Å². The van der Waals surface area contributed by atoms with Crippen molar-refractivity contribution in [1.82, 2.24) is 4.57 Å². The second-order valence-electron chi connectivity index (χ2n) is 3.40. The Hall–Kier alpha value is -1.25. The summed E-state index contributed by atoms with van der Waals surface area (Å²) in [5.74, 6) is 0. The number of aryl methyl sites for hydroxylation is 1. The van der Waals surface area contributed by atoms with Crippen molar-refractivity contribution in [1.29, 1.82) is 0 Å². The van der Waals surface area contributed by atoms with Crippen LogP contribution in [-0.2, 0) is 0 Å². The van der Waals surface area contributed by atoms with Gasteiger partial charge in [-0.25, -0.2) is 0 Å². The standard InChI is InChI=1S/C9H12N2O/c1-6-4-7(10)5-11(9(6)12)8-2-3-8/h4-5,8H,2-3,10H2,1H3. The van der Waals surface area contributed by atoms with Gasteiger partial charge < -0.3 is 10.3 Å². The van der Waals surface area contributed by atoms with Crippen molar-refractivity contribution in [3.8, 4) is 0 Å². The van der Waals surface area contributed by atoms with E-state index in [1.165, 1.54) is 0 Å². The molecule has 3 heteroatoms. The number of nitrogen functional groups attached to an aromatic ring is 1. The molecule has 1 fully saturated rings. The molecule has 2 rings (SSSR count). The van der Waals surface area contributed by atoms with Crippen LogP contribution in [0, 0.1) is 6.92 Å². The number of nitrogens with zero attached hydrogens (tertiary/aromatic N) is 1. The van der Waals surface area contributed by atoms with E-state index >= 15 is 0 Å². The third kappa shape index (κ3) is 1.11. The van der Waals surface area contributed by atoms with Gasteiger partial charge in [0.1, 0.15) is 0 Å². The maximum atomic E-state index is 11.5. The highest BCUT2D eigenvalue weighted by Gasteiger charge is 2.24. The van der Waals surface area contributed by atoms with Gasteiger partial charge in [0, 0.05) is 23.5 Å². The van der Waals surface area contributed by atoms with Crippen LogP contribution in [0.4, 0.5) is 5.69 Å². The summed E-state index contributed by atoms with van der Waals surface area (Å²) in [6, 6.07) is 2.14. The lowest BCUT2D eigenvalue weighted by molar-refractivity contribution is 0.703. The lowest BCUT2D eigenvalue weighted by Gasteiger charge is -2.05. The highest BCUT2D eigenvalue weighted by atomic mass is 16.1. The third-order valence-corrected chi connectivity index (χ3v) is 2.18. The summed E-state index contributed by atoms with van der Waals surface area (Å²) in [6.45, 7) is 1.80. The van der Waals surface area contributed by atoms with Gasteiger partial charge in [-0.1, -0.05) is 0 Å². The normalized spacial score (nSPS) is 16.4. The number of pyridine rings is 1. The lowest BCUT2D eigenvalue weighted by Crippen LogP contribution is -2.21. The van der Waals surface area contributed by atoms with Crippen LogP contribution in [0.1, 0.15) is 24.4 Å². The molecule has 12 heavy (non-hydrogen) atoms. The van der Waals surface area contributed by atoms with Gasteiger partial charge in [-0.15, -0.1) is 0 Å². The van der Waals surface area contributed by atoms with Crippen LogP contribution in [0.3, 0.4) is 0 Å². The van der Waals surface area contributed by atoms with Gasteiger partial charge in [0.2, 0.25) is 0 Å². The number of anilines is 1. The number of rotatable bonds is 1. The molecule has 0 atom stereocenters. The first-order valence-electron chi connectivity index (χ1n) is 4.17. The number of hydrogen-bond acceptors (Lipinski definition) is 2. The fraction of sp³-hybridized carbons (Fsp3) is 0.444. The van der Waals surface area contributed by atoms with Gasteiger partial charge in [-0.2, -0.15) is 0 Å². The van der Waals surface area contributed by atoms with Crippen molar-refractivity contribution in [2.45, 2.75) is 25.8 Å². The fourth-order valence-corrected chi connectivity index (χ4v) is 1.40. The Morgan fingerprint density at radius 1 is 1.58 bits per heavy atom. The molecule has 0 saturated heterocycles. The van der Waals surface area contributed by atoms with E-state index in [0.717, 1.165) is 18.4 Å². The van der Waals surface area contributed by atoms with Crippen LogP contribution < -0.4 is 11.3 Å². The van der Waals surface area contributed by atoms with Crippen LogP contribution in [0.2, 0.25) is 0 Å². The lowest BCUT2D eigenvalue weighted by atomic mass is 10.3. The third-order valence-electron chi connectivity index (χ3n) is 2.18. The molecule has 1 aromatic rings. The summed E-state index contributed by atoms with van der Waals surface area (Å²) in [5, 5.41) is 0. The summed E-state index contributed by atoms with van der Waals surface area (Å²) < 4.78 is 1.75. The van der Waals surface area contributed by atoms with Gasteiger partial charge >= 0.3 is 0 Å². The second-order valence-corrected chi connectivity index (χ2v) is 3.40. The minimum Gasteiger partial charge on any atom is -0.398 e. The molecule has 0 aliphatic heterocycles. The molecule has 2 N–H and O–H groups in total. The minimum atomic E-state index is 0.103. The van der Waals surface area contributed by atoms with Crippen LogP contribution in [0.15, 0.2) is 17.1 Å². The number of nitrogens with two attached hydrogens (primary N) is 1. The molecule has 1 aliphatic rings. The first kappa shape index (κ1) is 7.40. The van der Waals surface area contributed by atoms with Crippen molar-refractivity contribution >= 4 is 5.69 Å². The van der Waals surface area contributed by atoms with E-state index in [4.69, 9.17) is 5.73 Å². The fourth-order valence-electron chi connectivity index (χ4n) is 1.40. The highest BCUT2D eigenvalue weighted by molar-refractivity contribution is 5.37. The Kier molecular flexibility index (Phi) is 1.46. The Morgan fingerprint density at radius 3 is 2.83 bits per heavy atom. The molecule has 0 unspecified atom stereocenters. The maximum Gasteiger partial charge on any atom is 0.253 e. The Balaban J connectivity index is 2.58. The Bertz CT molecular complexity index is 363. The van der Waals surface area contributed by atoms with Crippen molar-refractivity contribution < 1.29 is 0 Å². The van der Waals surface area contributed by atoms with Gasteiger partial charge in [0.15, 0.2) is 0 Å². The van der Waals surface area contributed by atoms with Crippen molar-refractivity contribution in [3.05, 3.63) is 28.2 Å². The molecule has 3 nitrogen and oxygen atoms in total. The van der Waals surface area contributed by atoms with Crippen LogP contribution in [-0.4, -0.2) is 4.57 Å². The van der Waals surface area contributed by atoms with E-state index in [1.807, 2.05) is 0 Å². The van der Waals surface area contributed by atoms with Crippen molar-refractivity contribution in [2.24, 2.45) is 0 Å². The summed E-state index contributed by atoms with van der Waals surface area (Å²) in [4.78, 5) is 11.5. The quantitative estimate of drug-likeness (QED) is 0.675. The Labute approximate surface area is 70.8 Å². The zero-order valence-electron chi connectivity index (χ0n) is 7.08. The monoisotopic (exact) mass is 164 g/mol. The first-order valence-corrected chi connectivity index (χ1v) is 4.17. The predicted molar refractivity (Wildman–Crippen MR) is 48.1 cm³/mol. The van der Waals surface area contributed by atoms with E-state index in [0.29, 0.717) is 11.7 Å². The van der Waals surface area contributed by atoms with Gasteiger partial charge in [-0.05, 0) is 25.8 Å². The molecular formula is C9H12N2O. The topological polar surface area (TPSA) is 48.0 Å². The SMILES string of the molecule is Cc1cc(N)cn(C2CC2)c1=O. The van der Waals surface area contributed by atoms with E-state index in [9.17, 15) is 4.79 Å². The minimum absolute atomic E-state index is 0.103. The Morgan fingerprint density at radius 2 is 2.25 bits per heavy atom. The number of aromatic nitrogens is 1.